The summed E-state index contributed by atoms with van der Waals surface area (Å²) in [6.07, 6.45) is 1.00. The van der Waals surface area contributed by atoms with E-state index < -0.39 is 43.5 Å². The normalized spacial score (nSPS) is 14.6. The van der Waals surface area contributed by atoms with Crippen molar-refractivity contribution in [2.75, 3.05) is 26.2 Å². The minimum absolute atomic E-state index is 0.100. The van der Waals surface area contributed by atoms with Gasteiger partial charge in [0.05, 0.1) is 23.2 Å². The fraction of sp³-hybridized carbons (Fsp3) is 0.394. The molecule has 17 heteroatoms. The molecule has 2 aromatic heterocycles. The Morgan fingerprint density at radius 2 is 1.84 bits per heavy atom. The fourth-order valence-electron chi connectivity index (χ4n) is 5.17. The molecule has 5 rings (SSSR count). The highest BCUT2D eigenvalue weighted by atomic mass is 35.5. The number of rotatable bonds is 11. The Morgan fingerprint density at radius 3 is 2.44 bits per heavy atom. The summed E-state index contributed by atoms with van der Waals surface area (Å²) in [4.78, 5) is 38.4. The molecule has 0 bridgehead atoms. The summed E-state index contributed by atoms with van der Waals surface area (Å²) in [5.74, 6) is -1.40. The largest absolute Gasteiger partial charge is 0.447 e. The van der Waals surface area contributed by atoms with E-state index in [-0.39, 0.29) is 36.6 Å². The number of aromatic amines is 1. The van der Waals surface area contributed by atoms with Gasteiger partial charge in [-0.15, -0.1) is 0 Å². The number of alkyl halides is 4. The first-order chi connectivity index (χ1) is 23.7. The maximum atomic E-state index is 14.4. The second kappa shape index (κ2) is 15.3. The van der Waals surface area contributed by atoms with Gasteiger partial charge in [0.1, 0.15) is 12.9 Å². The van der Waals surface area contributed by atoms with Crippen molar-refractivity contribution in [1.29, 1.82) is 0 Å². The zero-order valence-corrected chi connectivity index (χ0v) is 28.2. The van der Waals surface area contributed by atoms with Crippen LogP contribution >= 0.6 is 11.6 Å². The standard InChI is InChI=1S/C33H36ClF4N9O3/c1-33(2,3)10-11-40-31(39)47(29(48)20-6-4-19(5-7-20)22-13-43-46(16-22)30(37)38)26(17-50-32(49)45-14-23(15-45)27(35)36)21-8-9-25(34)24(12-21)28-41-18-42-44-28/h4-9,12-13,16,18,23,26-27,30H,10-11,14-15,17H2,1-3H3,(H2,39,40)(H,41,42,44)/t26-/m1/s1. The summed E-state index contributed by atoms with van der Waals surface area (Å²) in [5.41, 5.74) is 8.45. The number of amides is 2. The Bertz CT molecular complexity index is 1810. The van der Waals surface area contributed by atoms with Crippen molar-refractivity contribution < 1.29 is 31.9 Å². The fourth-order valence-corrected chi connectivity index (χ4v) is 5.38. The maximum Gasteiger partial charge on any atom is 0.409 e. The van der Waals surface area contributed by atoms with Crippen LogP contribution in [0.4, 0.5) is 22.4 Å². The summed E-state index contributed by atoms with van der Waals surface area (Å²) in [6.45, 7) is 2.79. The molecule has 0 radical (unpaired) electrons. The number of likely N-dealkylation sites (tertiary alicyclic amines) is 1. The predicted octanol–water partition coefficient (Wildman–Crippen LogP) is 6.65. The van der Waals surface area contributed by atoms with E-state index in [1.54, 1.807) is 30.3 Å². The molecule has 0 unspecified atom stereocenters. The lowest BCUT2D eigenvalue weighted by atomic mass is 9.92. The molecule has 3 heterocycles. The van der Waals surface area contributed by atoms with Crippen molar-refractivity contribution in [1.82, 2.24) is 34.8 Å². The van der Waals surface area contributed by atoms with E-state index in [9.17, 15) is 27.2 Å². The number of carbonyl (C=O) groups excluding carboxylic acids is 2. The molecule has 12 nitrogen and oxygen atoms in total. The number of nitrogens with two attached hydrogens (primary N) is 1. The summed E-state index contributed by atoms with van der Waals surface area (Å²) in [5, 5.41) is 10.6. The van der Waals surface area contributed by atoms with Crippen LogP contribution in [0.5, 0.6) is 0 Å². The second-order valence-electron chi connectivity index (χ2n) is 13.0. The topological polar surface area (TPSA) is 148 Å². The molecule has 2 aromatic carbocycles. The van der Waals surface area contributed by atoms with Crippen molar-refractivity contribution in [2.24, 2.45) is 22.1 Å². The summed E-state index contributed by atoms with van der Waals surface area (Å²) >= 11 is 6.51. The summed E-state index contributed by atoms with van der Waals surface area (Å²) in [7, 11) is 0. The van der Waals surface area contributed by atoms with Crippen LogP contribution in [0.25, 0.3) is 22.5 Å². The van der Waals surface area contributed by atoms with Gasteiger partial charge in [-0.1, -0.05) is 50.6 Å². The smallest absolute Gasteiger partial charge is 0.409 e. The monoisotopic (exact) mass is 717 g/mol. The number of ether oxygens (including phenoxy) is 1. The van der Waals surface area contributed by atoms with Gasteiger partial charge >= 0.3 is 12.6 Å². The van der Waals surface area contributed by atoms with Crippen LogP contribution in [0, 0.1) is 11.3 Å². The maximum absolute atomic E-state index is 14.4. The van der Waals surface area contributed by atoms with E-state index in [2.05, 4.69) is 25.3 Å². The average molecular weight is 718 g/mol. The zero-order chi connectivity index (χ0) is 36.2. The number of hydrogen-bond acceptors (Lipinski definition) is 7. The van der Waals surface area contributed by atoms with Crippen LogP contribution in [0.15, 0.2) is 66.2 Å². The van der Waals surface area contributed by atoms with Crippen molar-refractivity contribution in [3.63, 3.8) is 0 Å². The number of carbonyl (C=O) groups is 2. The van der Waals surface area contributed by atoms with Gasteiger partial charge in [0.15, 0.2) is 11.8 Å². The SMILES string of the molecule is CC(C)(C)CCN=C(N)N(C(=O)c1ccc(-c2cnn(C(F)F)c2)cc1)[C@H](COC(=O)N1CC(C(F)F)C1)c1ccc(Cl)c(-c2ncn[nH]2)c1. The van der Waals surface area contributed by atoms with Crippen molar-refractivity contribution in [3.8, 4) is 22.5 Å². The number of halogens is 5. The highest BCUT2D eigenvalue weighted by Gasteiger charge is 2.39. The van der Waals surface area contributed by atoms with Gasteiger partial charge in [-0.05, 0) is 47.2 Å². The Hall–Kier alpha value is -4.99. The molecule has 50 heavy (non-hydrogen) atoms. The molecule has 0 aliphatic carbocycles. The van der Waals surface area contributed by atoms with Crippen LogP contribution in [-0.2, 0) is 4.74 Å². The number of hydrogen-bond donors (Lipinski definition) is 2. The highest BCUT2D eigenvalue weighted by molar-refractivity contribution is 6.33. The van der Waals surface area contributed by atoms with Gasteiger partial charge in [0, 0.05) is 42.5 Å². The minimum Gasteiger partial charge on any atom is -0.447 e. The lowest BCUT2D eigenvalue weighted by Gasteiger charge is -2.38. The van der Waals surface area contributed by atoms with Crippen LogP contribution in [-0.4, -0.2) is 85.4 Å². The first-order valence-corrected chi connectivity index (χ1v) is 16.0. The predicted molar refractivity (Wildman–Crippen MR) is 178 cm³/mol. The molecule has 4 aromatic rings. The lowest BCUT2D eigenvalue weighted by Crippen LogP contribution is -2.53. The number of aliphatic imine (C=N–C) groups is 1. The van der Waals surface area contributed by atoms with Crippen molar-refractivity contribution in [3.05, 3.63) is 77.3 Å². The molecule has 266 valence electrons. The first kappa shape index (κ1) is 36.3. The van der Waals surface area contributed by atoms with Crippen LogP contribution < -0.4 is 5.73 Å². The second-order valence-corrected chi connectivity index (χ2v) is 13.4. The van der Waals surface area contributed by atoms with Gasteiger partial charge < -0.3 is 15.4 Å². The van der Waals surface area contributed by atoms with Crippen molar-refractivity contribution in [2.45, 2.75) is 46.2 Å². The van der Waals surface area contributed by atoms with Crippen molar-refractivity contribution >= 4 is 29.6 Å². The zero-order valence-electron chi connectivity index (χ0n) is 27.4. The van der Waals surface area contributed by atoms with E-state index >= 15 is 0 Å². The van der Waals surface area contributed by atoms with Gasteiger partial charge in [-0.2, -0.15) is 19.0 Å². The minimum atomic E-state index is -2.81. The third kappa shape index (κ3) is 8.59. The third-order valence-corrected chi connectivity index (χ3v) is 8.44. The Balaban J connectivity index is 1.52. The molecular weight excluding hydrogens is 682 g/mol. The molecule has 1 fully saturated rings. The molecule has 1 saturated heterocycles. The Kier molecular flexibility index (Phi) is 11.1. The quantitative estimate of drug-likeness (QED) is 0.100. The van der Waals surface area contributed by atoms with E-state index in [0.717, 1.165) is 4.90 Å². The molecule has 0 spiro atoms. The van der Waals surface area contributed by atoms with Crippen LogP contribution in [0.2, 0.25) is 5.02 Å². The number of guanidine groups is 1. The van der Waals surface area contributed by atoms with Crippen LogP contribution in [0.3, 0.4) is 0 Å². The van der Waals surface area contributed by atoms with E-state index in [1.807, 2.05) is 20.8 Å². The molecule has 1 aliphatic heterocycles. The molecule has 1 atom stereocenters. The molecule has 0 saturated carbocycles. The third-order valence-electron chi connectivity index (χ3n) is 8.11. The highest BCUT2D eigenvalue weighted by Crippen LogP contribution is 2.33. The number of benzene rings is 2. The molecule has 3 N–H and O–H groups in total. The van der Waals surface area contributed by atoms with Gasteiger partial charge in [0.2, 0.25) is 6.43 Å². The van der Waals surface area contributed by atoms with Gasteiger partial charge in [0.25, 0.3) is 5.91 Å². The van der Waals surface area contributed by atoms with E-state index in [1.165, 1.54) is 35.8 Å². The van der Waals surface area contributed by atoms with Crippen LogP contribution in [0.1, 0.15) is 55.7 Å². The molecular formula is C33H36ClF4N9O3. The number of H-pyrrole nitrogens is 1. The van der Waals surface area contributed by atoms with E-state index in [4.69, 9.17) is 22.1 Å². The van der Waals surface area contributed by atoms with Gasteiger partial charge in [-0.25, -0.2) is 23.2 Å². The lowest BCUT2D eigenvalue weighted by molar-refractivity contribution is -0.0251. The van der Waals surface area contributed by atoms with E-state index in [0.29, 0.717) is 44.2 Å². The van der Waals surface area contributed by atoms with Gasteiger partial charge in [-0.3, -0.25) is 19.8 Å². The average Bonchev–Trinajstić information content (AvgIpc) is 3.75. The molecule has 2 amide bonds. The Morgan fingerprint density at radius 1 is 1.12 bits per heavy atom. The molecule has 1 aliphatic rings. The summed E-state index contributed by atoms with van der Waals surface area (Å²) in [6, 6.07) is 9.93. The number of nitrogens with one attached hydrogen (secondary N) is 1. The summed E-state index contributed by atoms with van der Waals surface area (Å²) < 4.78 is 58.6. The number of aromatic nitrogens is 5. The Labute approximate surface area is 290 Å². The first-order valence-electron chi connectivity index (χ1n) is 15.6. The number of nitrogens with zero attached hydrogens (tertiary/aromatic N) is 7.